The number of Topliss-reactive ketones (excluding diaryl/α,β-unsaturated/α-hetero) is 2. The molecule has 1 N–H and O–H groups in total. The summed E-state index contributed by atoms with van der Waals surface area (Å²) in [6, 6.07) is 0. The Morgan fingerprint density at radius 3 is 2.05 bits per heavy atom. The number of allylic oxidation sites excluding steroid dienone is 2. The molecule has 0 aromatic carbocycles. The van der Waals surface area contributed by atoms with Crippen LogP contribution in [0, 0.1) is 0 Å². The molecule has 0 aliphatic rings. The second kappa shape index (κ2) is 14.5. The summed E-state index contributed by atoms with van der Waals surface area (Å²) in [6.45, 7) is 2.20. The fraction of sp³-hybridized carbons (Fsp3) is 0.722. The van der Waals surface area contributed by atoms with Gasteiger partial charge in [0.25, 0.3) is 0 Å². The van der Waals surface area contributed by atoms with Crippen LogP contribution in [0.25, 0.3) is 0 Å². The number of carbonyl (C=O) groups excluding carboxylic acids is 2. The minimum absolute atomic E-state index is 0.0493. The zero-order valence-electron chi connectivity index (χ0n) is 13.8. The van der Waals surface area contributed by atoms with Crippen molar-refractivity contribution in [2.75, 3.05) is 0 Å². The number of hydrogen-bond donors (Lipinski definition) is 1. The Labute approximate surface area is 134 Å². The van der Waals surface area contributed by atoms with Crippen LogP contribution in [0.2, 0.25) is 0 Å². The van der Waals surface area contributed by atoms with Gasteiger partial charge in [0.1, 0.15) is 5.78 Å². The van der Waals surface area contributed by atoms with Crippen LogP contribution in [-0.4, -0.2) is 22.6 Å². The van der Waals surface area contributed by atoms with E-state index in [0.29, 0.717) is 18.6 Å². The number of carboxylic acids is 1. The average Bonchev–Trinajstić information content (AvgIpc) is 2.49. The third-order valence-electron chi connectivity index (χ3n) is 3.59. The van der Waals surface area contributed by atoms with Gasteiger partial charge in [-0.25, -0.2) is 4.79 Å². The summed E-state index contributed by atoms with van der Waals surface area (Å²) in [6.07, 6.45) is 14.5. The summed E-state index contributed by atoms with van der Waals surface area (Å²) in [5, 5.41) is 8.39. The Bertz CT molecular complexity index is 358. The van der Waals surface area contributed by atoms with Crippen molar-refractivity contribution < 1.29 is 19.5 Å². The quantitative estimate of drug-likeness (QED) is 0.275. The van der Waals surface area contributed by atoms with E-state index in [1.54, 1.807) is 6.08 Å². The van der Waals surface area contributed by atoms with Gasteiger partial charge >= 0.3 is 5.97 Å². The van der Waals surface area contributed by atoms with Crippen molar-refractivity contribution in [2.24, 2.45) is 0 Å². The van der Waals surface area contributed by atoms with Gasteiger partial charge in [-0.3, -0.25) is 9.59 Å². The molecule has 0 aliphatic carbocycles. The highest BCUT2D eigenvalue weighted by Crippen LogP contribution is 2.10. The summed E-state index contributed by atoms with van der Waals surface area (Å²) < 4.78 is 0. The van der Waals surface area contributed by atoms with E-state index in [-0.39, 0.29) is 6.42 Å². The Kier molecular flexibility index (Phi) is 13.5. The van der Waals surface area contributed by atoms with Crippen LogP contribution in [0.15, 0.2) is 12.2 Å². The van der Waals surface area contributed by atoms with E-state index in [9.17, 15) is 14.4 Å². The lowest BCUT2D eigenvalue weighted by molar-refractivity contribution is -0.148. The number of unbranched alkanes of at least 4 members (excludes halogenated alkanes) is 7. The predicted octanol–water partition coefficient (Wildman–Crippen LogP) is 4.47. The zero-order chi connectivity index (χ0) is 16.6. The van der Waals surface area contributed by atoms with Gasteiger partial charge in [0, 0.05) is 19.3 Å². The van der Waals surface area contributed by atoms with Crippen LogP contribution in [0.5, 0.6) is 0 Å². The molecular formula is C18H30O4. The minimum atomic E-state index is -1.38. The molecule has 0 aromatic heterocycles. The highest BCUT2D eigenvalue weighted by molar-refractivity contribution is 6.33. The van der Waals surface area contributed by atoms with Gasteiger partial charge in [0.15, 0.2) is 0 Å². The molecule has 0 heterocycles. The molecule has 4 heteroatoms. The van der Waals surface area contributed by atoms with E-state index in [2.05, 4.69) is 6.92 Å². The van der Waals surface area contributed by atoms with Crippen molar-refractivity contribution in [3.8, 4) is 0 Å². The Balaban J connectivity index is 3.40. The Morgan fingerprint density at radius 1 is 0.818 bits per heavy atom. The Morgan fingerprint density at radius 2 is 1.41 bits per heavy atom. The normalized spacial score (nSPS) is 11.0. The number of carboxylic acid groups (broad SMARTS) is 1. The third kappa shape index (κ3) is 13.5. The minimum Gasteiger partial charge on any atom is -0.475 e. The van der Waals surface area contributed by atoms with E-state index in [1.165, 1.54) is 25.7 Å². The van der Waals surface area contributed by atoms with Crippen LogP contribution in [-0.2, 0) is 14.4 Å². The van der Waals surface area contributed by atoms with Crippen molar-refractivity contribution in [1.82, 2.24) is 0 Å². The maximum atomic E-state index is 11.7. The smallest absolute Gasteiger partial charge is 0.372 e. The molecule has 126 valence electrons. The second-order valence-corrected chi connectivity index (χ2v) is 5.71. The van der Waals surface area contributed by atoms with Gasteiger partial charge in [-0.15, -0.1) is 0 Å². The van der Waals surface area contributed by atoms with Crippen LogP contribution >= 0.6 is 0 Å². The molecule has 4 nitrogen and oxygen atoms in total. The van der Waals surface area contributed by atoms with Crippen LogP contribution in [0.1, 0.15) is 84.0 Å². The molecule has 0 fully saturated rings. The van der Waals surface area contributed by atoms with Crippen LogP contribution < -0.4 is 0 Å². The van der Waals surface area contributed by atoms with Gasteiger partial charge in [0.2, 0.25) is 5.78 Å². The maximum Gasteiger partial charge on any atom is 0.372 e. The fourth-order valence-corrected chi connectivity index (χ4v) is 2.21. The van der Waals surface area contributed by atoms with Crippen LogP contribution in [0.4, 0.5) is 0 Å². The molecule has 0 aromatic rings. The van der Waals surface area contributed by atoms with Gasteiger partial charge < -0.3 is 5.11 Å². The van der Waals surface area contributed by atoms with Crippen molar-refractivity contribution >= 4 is 17.5 Å². The van der Waals surface area contributed by atoms with E-state index < -0.39 is 11.8 Å². The van der Waals surface area contributed by atoms with Gasteiger partial charge in [-0.2, -0.15) is 0 Å². The van der Waals surface area contributed by atoms with Gasteiger partial charge in [0.05, 0.1) is 0 Å². The summed E-state index contributed by atoms with van der Waals surface area (Å²) >= 11 is 0. The molecule has 0 atom stereocenters. The molecule has 0 saturated heterocycles. The zero-order valence-corrected chi connectivity index (χ0v) is 13.8. The lowest BCUT2D eigenvalue weighted by Crippen LogP contribution is -2.10. The molecule has 0 saturated carbocycles. The first kappa shape index (κ1) is 20.6. The molecular weight excluding hydrogens is 280 g/mol. The van der Waals surface area contributed by atoms with Crippen molar-refractivity contribution in [3.63, 3.8) is 0 Å². The Hall–Kier alpha value is -1.45. The number of aliphatic carboxylic acids is 1. The SMILES string of the molecule is CCCCCCCCC(=O)CCCCC=CCC(=O)C(=O)O. The molecule has 0 rings (SSSR count). The third-order valence-corrected chi connectivity index (χ3v) is 3.59. The number of ketones is 2. The molecule has 0 unspecified atom stereocenters. The number of carbonyl (C=O) groups is 3. The summed E-state index contributed by atoms with van der Waals surface area (Å²) in [5.74, 6) is -1.82. The van der Waals surface area contributed by atoms with E-state index >= 15 is 0 Å². The lowest BCUT2D eigenvalue weighted by atomic mass is 10.0. The topological polar surface area (TPSA) is 71.4 Å². The van der Waals surface area contributed by atoms with E-state index in [4.69, 9.17) is 5.11 Å². The molecule has 0 radical (unpaired) electrons. The first-order chi connectivity index (χ1) is 10.6. The fourth-order valence-electron chi connectivity index (χ4n) is 2.21. The molecule has 0 aliphatic heterocycles. The highest BCUT2D eigenvalue weighted by Gasteiger charge is 2.07. The largest absolute Gasteiger partial charge is 0.475 e. The number of rotatable bonds is 15. The van der Waals surface area contributed by atoms with Crippen molar-refractivity contribution in [1.29, 1.82) is 0 Å². The molecule has 0 spiro atoms. The van der Waals surface area contributed by atoms with Gasteiger partial charge in [-0.1, -0.05) is 51.2 Å². The second-order valence-electron chi connectivity index (χ2n) is 5.71. The van der Waals surface area contributed by atoms with Gasteiger partial charge in [-0.05, 0) is 25.7 Å². The number of hydrogen-bond acceptors (Lipinski definition) is 3. The van der Waals surface area contributed by atoms with Crippen molar-refractivity contribution in [2.45, 2.75) is 84.0 Å². The maximum absolute atomic E-state index is 11.7. The van der Waals surface area contributed by atoms with Crippen molar-refractivity contribution in [3.05, 3.63) is 12.2 Å². The lowest BCUT2D eigenvalue weighted by Gasteiger charge is -2.01. The van der Waals surface area contributed by atoms with E-state index in [1.807, 2.05) is 6.08 Å². The molecule has 0 bridgehead atoms. The summed E-state index contributed by atoms with van der Waals surface area (Å²) in [5.41, 5.74) is 0. The standard InChI is InChI=1S/C18H30O4/c1-2-3-4-5-7-10-13-16(19)14-11-8-6-9-12-15-17(20)18(21)22/h9,12H,2-8,10-11,13-15H2,1H3,(H,21,22). The molecule has 22 heavy (non-hydrogen) atoms. The summed E-state index contributed by atoms with van der Waals surface area (Å²) in [7, 11) is 0. The first-order valence-corrected chi connectivity index (χ1v) is 8.50. The van der Waals surface area contributed by atoms with Crippen LogP contribution in [0.3, 0.4) is 0 Å². The summed E-state index contributed by atoms with van der Waals surface area (Å²) in [4.78, 5) is 32.7. The highest BCUT2D eigenvalue weighted by atomic mass is 16.4. The average molecular weight is 310 g/mol. The monoisotopic (exact) mass is 310 g/mol. The van der Waals surface area contributed by atoms with E-state index in [0.717, 1.165) is 32.1 Å². The predicted molar refractivity (Wildman–Crippen MR) is 87.9 cm³/mol. The first-order valence-electron chi connectivity index (χ1n) is 8.50. The molecule has 0 amide bonds.